The maximum Gasteiger partial charge on any atom is 0.330 e. The highest BCUT2D eigenvalue weighted by Crippen LogP contribution is 2.34. The number of ether oxygens (including phenoxy) is 4. The number of benzene rings is 4. The van der Waals surface area contributed by atoms with E-state index in [-0.39, 0.29) is 13.2 Å². The quantitative estimate of drug-likeness (QED) is 0.160. The summed E-state index contributed by atoms with van der Waals surface area (Å²) in [6.45, 7) is 7.19. The van der Waals surface area contributed by atoms with Crippen molar-refractivity contribution in [2.24, 2.45) is 0 Å². The molecular weight excluding hydrogens is 480 g/mol. The van der Waals surface area contributed by atoms with Gasteiger partial charge in [-0.05, 0) is 23.3 Å². The average molecular weight is 509 g/mol. The summed E-state index contributed by atoms with van der Waals surface area (Å²) in [5.41, 5.74) is 1.63. The average Bonchev–Trinajstić information content (AvgIpc) is 2.97. The lowest BCUT2D eigenvalue weighted by atomic mass is 10.1. The van der Waals surface area contributed by atoms with E-state index in [1.165, 1.54) is 0 Å². The summed E-state index contributed by atoms with van der Waals surface area (Å²) in [6.07, 6.45) is 1.05. The van der Waals surface area contributed by atoms with Gasteiger partial charge >= 0.3 is 11.9 Å². The second-order valence-corrected chi connectivity index (χ2v) is 8.31. The van der Waals surface area contributed by atoms with E-state index < -0.39 is 24.1 Å². The van der Waals surface area contributed by atoms with E-state index in [1.807, 2.05) is 97.1 Å². The number of esters is 2. The van der Waals surface area contributed by atoms with Gasteiger partial charge in [0, 0.05) is 22.9 Å². The van der Waals surface area contributed by atoms with Gasteiger partial charge in [0.15, 0.2) is 12.2 Å². The normalized spacial score (nSPS) is 12.1. The van der Waals surface area contributed by atoms with Gasteiger partial charge < -0.3 is 18.9 Å². The summed E-state index contributed by atoms with van der Waals surface area (Å²) in [5.74, 6) is 0.171. The van der Waals surface area contributed by atoms with E-state index in [4.69, 9.17) is 18.9 Å². The molecule has 0 fully saturated rings. The Morgan fingerprint density at radius 2 is 0.974 bits per heavy atom. The molecule has 2 unspecified atom stereocenters. The van der Waals surface area contributed by atoms with Crippen LogP contribution in [0.3, 0.4) is 0 Å². The summed E-state index contributed by atoms with van der Waals surface area (Å²) >= 11 is 0. The van der Waals surface area contributed by atoms with Gasteiger partial charge in [-0.3, -0.25) is 0 Å². The maximum atomic E-state index is 11.9. The molecule has 0 N–H and O–H groups in total. The fourth-order valence-electron chi connectivity index (χ4n) is 3.94. The van der Waals surface area contributed by atoms with Crippen molar-refractivity contribution in [2.75, 3.05) is 13.2 Å². The molecule has 0 aliphatic rings. The highest BCUT2D eigenvalue weighted by atomic mass is 16.6. The van der Waals surface area contributed by atoms with Crippen molar-refractivity contribution >= 4 is 22.7 Å². The molecular formula is C32H28O6. The summed E-state index contributed by atoms with van der Waals surface area (Å²) in [6, 6.07) is 30.1. The number of hydrogen-bond acceptors (Lipinski definition) is 6. The Kier molecular flexibility index (Phi) is 8.92. The first kappa shape index (κ1) is 26.2. The Balaban J connectivity index is 1.54. The van der Waals surface area contributed by atoms with Crippen LogP contribution in [0.2, 0.25) is 0 Å². The Labute approximate surface area is 221 Å². The molecule has 6 nitrogen and oxygen atoms in total. The zero-order valence-corrected chi connectivity index (χ0v) is 20.8. The van der Waals surface area contributed by atoms with Crippen molar-refractivity contribution in [3.63, 3.8) is 0 Å². The fourth-order valence-corrected chi connectivity index (χ4v) is 3.94. The predicted molar refractivity (Wildman–Crippen MR) is 146 cm³/mol. The predicted octanol–water partition coefficient (Wildman–Crippen LogP) is 6.54. The van der Waals surface area contributed by atoms with E-state index in [2.05, 4.69) is 13.2 Å². The molecule has 192 valence electrons. The third-order valence-corrected chi connectivity index (χ3v) is 5.82. The molecule has 0 radical (unpaired) electrons. The molecule has 0 aliphatic carbocycles. The van der Waals surface area contributed by atoms with Crippen LogP contribution in [0.15, 0.2) is 122 Å². The molecule has 0 aliphatic heterocycles. The van der Waals surface area contributed by atoms with E-state index in [0.717, 1.165) is 34.1 Å². The summed E-state index contributed by atoms with van der Waals surface area (Å²) in [4.78, 5) is 23.9. The van der Waals surface area contributed by atoms with Crippen molar-refractivity contribution in [1.29, 1.82) is 0 Å². The van der Waals surface area contributed by atoms with Crippen molar-refractivity contribution in [1.82, 2.24) is 0 Å². The van der Waals surface area contributed by atoms with Crippen molar-refractivity contribution in [2.45, 2.75) is 12.2 Å². The van der Waals surface area contributed by atoms with E-state index >= 15 is 0 Å². The van der Waals surface area contributed by atoms with Gasteiger partial charge in [0.25, 0.3) is 0 Å². The lowest BCUT2D eigenvalue weighted by Gasteiger charge is -2.20. The lowest BCUT2D eigenvalue weighted by Crippen LogP contribution is -2.17. The first-order valence-electron chi connectivity index (χ1n) is 12.1. The zero-order valence-electron chi connectivity index (χ0n) is 20.8. The molecule has 0 aromatic heterocycles. The molecule has 0 saturated heterocycles. The molecule has 0 heterocycles. The minimum absolute atomic E-state index is 0.112. The maximum absolute atomic E-state index is 11.9. The van der Waals surface area contributed by atoms with Crippen LogP contribution in [0.5, 0.6) is 11.5 Å². The third kappa shape index (κ3) is 6.68. The Morgan fingerprint density at radius 3 is 1.34 bits per heavy atom. The minimum atomic E-state index is -0.609. The first-order valence-corrected chi connectivity index (χ1v) is 12.1. The van der Waals surface area contributed by atoms with Gasteiger partial charge in [-0.25, -0.2) is 9.59 Å². The summed E-state index contributed by atoms with van der Waals surface area (Å²) < 4.78 is 23.4. The Bertz CT molecular complexity index is 1290. The fraction of sp³-hybridized carbons (Fsp3) is 0.125. The summed E-state index contributed by atoms with van der Waals surface area (Å²) in [7, 11) is 0. The molecule has 4 rings (SSSR count). The van der Waals surface area contributed by atoms with E-state index in [9.17, 15) is 9.59 Å². The Morgan fingerprint density at radius 1 is 0.579 bits per heavy atom. The van der Waals surface area contributed by atoms with Crippen molar-refractivity contribution in [3.05, 3.63) is 133 Å². The van der Waals surface area contributed by atoms with Gasteiger partial charge in [-0.2, -0.15) is 0 Å². The van der Waals surface area contributed by atoms with Crippen LogP contribution in [-0.4, -0.2) is 25.2 Å². The molecule has 4 aromatic carbocycles. The monoisotopic (exact) mass is 508 g/mol. The van der Waals surface area contributed by atoms with Gasteiger partial charge in [0.05, 0.1) is 0 Å². The molecule has 0 saturated carbocycles. The van der Waals surface area contributed by atoms with Crippen LogP contribution < -0.4 is 9.47 Å². The van der Waals surface area contributed by atoms with E-state index in [1.54, 1.807) is 0 Å². The molecule has 2 atom stereocenters. The first-order chi connectivity index (χ1) is 18.6. The van der Waals surface area contributed by atoms with Gasteiger partial charge in [0.1, 0.15) is 24.7 Å². The highest BCUT2D eigenvalue weighted by molar-refractivity contribution is 5.93. The highest BCUT2D eigenvalue weighted by Gasteiger charge is 2.19. The molecule has 38 heavy (non-hydrogen) atoms. The number of carbonyl (C=O) groups is 2. The van der Waals surface area contributed by atoms with Crippen molar-refractivity contribution in [3.8, 4) is 11.5 Å². The second-order valence-electron chi connectivity index (χ2n) is 8.31. The van der Waals surface area contributed by atoms with Gasteiger partial charge in [0.2, 0.25) is 0 Å². The zero-order chi connectivity index (χ0) is 26.7. The molecule has 6 heteroatoms. The topological polar surface area (TPSA) is 71.1 Å². The van der Waals surface area contributed by atoms with Crippen molar-refractivity contribution < 1.29 is 28.5 Å². The second kappa shape index (κ2) is 12.9. The smallest absolute Gasteiger partial charge is 0.330 e. The molecule has 0 spiro atoms. The minimum Gasteiger partial charge on any atom is -0.489 e. The number of hydrogen-bond donors (Lipinski definition) is 0. The Hall–Kier alpha value is -4.84. The number of fused-ring (bicyclic) bond motifs is 1. The van der Waals surface area contributed by atoms with Crippen LogP contribution in [0.25, 0.3) is 10.8 Å². The lowest BCUT2D eigenvalue weighted by molar-refractivity contribution is -0.145. The van der Waals surface area contributed by atoms with E-state index in [0.29, 0.717) is 11.5 Å². The van der Waals surface area contributed by atoms with Crippen LogP contribution in [0, 0.1) is 0 Å². The largest absolute Gasteiger partial charge is 0.489 e. The number of carbonyl (C=O) groups excluding carboxylic acids is 2. The molecule has 0 amide bonds. The van der Waals surface area contributed by atoms with Crippen LogP contribution in [-0.2, 0) is 19.1 Å². The third-order valence-electron chi connectivity index (χ3n) is 5.82. The molecule has 4 aromatic rings. The van der Waals surface area contributed by atoms with Gasteiger partial charge in [-0.1, -0.05) is 98.1 Å². The SMILES string of the molecule is C=CC(=O)OC(COc1cccc2c(OCC(OC(=O)C=C)c3ccccc3)cccc12)c1ccccc1. The van der Waals surface area contributed by atoms with Crippen LogP contribution in [0.4, 0.5) is 0 Å². The van der Waals surface area contributed by atoms with Crippen LogP contribution in [0.1, 0.15) is 23.3 Å². The van der Waals surface area contributed by atoms with Gasteiger partial charge in [-0.15, -0.1) is 0 Å². The summed E-state index contributed by atoms with van der Waals surface area (Å²) in [5, 5.41) is 1.65. The standard InChI is InChI=1S/C32H28O6/c1-3-31(33)37-29(23-13-7-5-8-14-23)21-35-27-19-11-18-26-25(27)17-12-20-28(26)36-22-30(38-32(34)4-2)24-15-9-6-10-16-24/h3-20,29-30H,1-2,21-22H2. The number of rotatable bonds is 12. The molecule has 0 bridgehead atoms. The van der Waals surface area contributed by atoms with Crippen LogP contribution >= 0.6 is 0 Å².